The minimum absolute atomic E-state index is 0. The van der Waals surface area contributed by atoms with Gasteiger partial charge in [0.1, 0.15) is 11.8 Å². The number of nitrogens with one attached hydrogen (secondary N) is 2. The number of ketones is 1. The van der Waals surface area contributed by atoms with Crippen LogP contribution < -0.4 is 10.6 Å². The number of rotatable bonds is 11. The summed E-state index contributed by atoms with van der Waals surface area (Å²) in [5.41, 5.74) is 1.35. The number of phenols is 1. The van der Waals surface area contributed by atoms with E-state index >= 15 is 0 Å². The second kappa shape index (κ2) is 13.5. The van der Waals surface area contributed by atoms with Crippen molar-refractivity contribution >= 4 is 53.0 Å². The predicted octanol–water partition coefficient (Wildman–Crippen LogP) is 5.26. The number of phenolic OH excluding ortho intramolecular Hbond substituents is 1. The third-order valence-electron chi connectivity index (χ3n) is 4.98. The van der Waals surface area contributed by atoms with Crippen molar-refractivity contribution in [2.24, 2.45) is 0 Å². The molecule has 32 heavy (non-hydrogen) atoms. The van der Waals surface area contributed by atoms with E-state index < -0.39 is 17.8 Å². The van der Waals surface area contributed by atoms with Gasteiger partial charge in [0.05, 0.1) is 17.7 Å². The first-order valence-corrected chi connectivity index (χ1v) is 10.9. The third-order valence-corrected chi connectivity index (χ3v) is 5.73. The van der Waals surface area contributed by atoms with Gasteiger partial charge >= 0.3 is 5.97 Å². The van der Waals surface area contributed by atoms with E-state index in [-0.39, 0.29) is 34.3 Å². The Morgan fingerprint density at radius 1 is 1.12 bits per heavy atom. The maximum absolute atomic E-state index is 13.2. The van der Waals surface area contributed by atoms with Gasteiger partial charge in [0.15, 0.2) is 5.78 Å². The number of para-hydroxylation sites is 1. The number of ether oxygens (including phenoxy) is 1. The molecule has 0 heterocycles. The highest BCUT2D eigenvalue weighted by atomic mass is 35.5. The molecule has 0 bridgehead atoms. The lowest BCUT2D eigenvalue weighted by molar-refractivity contribution is -0.141. The van der Waals surface area contributed by atoms with Gasteiger partial charge in [-0.3, -0.25) is 4.79 Å². The molecule has 0 fully saturated rings. The van der Waals surface area contributed by atoms with E-state index in [1.54, 1.807) is 31.2 Å². The molecule has 0 amide bonds. The first-order chi connectivity index (χ1) is 14.8. The zero-order valence-electron chi connectivity index (χ0n) is 18.3. The van der Waals surface area contributed by atoms with Crippen LogP contribution in [0.15, 0.2) is 30.3 Å². The molecule has 0 spiro atoms. The zero-order valence-corrected chi connectivity index (χ0v) is 20.7. The van der Waals surface area contributed by atoms with Crippen LogP contribution in [0.4, 0.5) is 5.69 Å². The van der Waals surface area contributed by atoms with Crippen molar-refractivity contribution in [1.29, 1.82) is 0 Å². The topological polar surface area (TPSA) is 87.7 Å². The van der Waals surface area contributed by atoms with Crippen molar-refractivity contribution in [3.8, 4) is 5.75 Å². The molecule has 0 radical (unpaired) electrons. The second-order valence-corrected chi connectivity index (χ2v) is 8.01. The van der Waals surface area contributed by atoms with Crippen molar-refractivity contribution in [3.05, 3.63) is 57.1 Å². The number of carbonyl (C=O) groups excluding carboxylic acids is 2. The summed E-state index contributed by atoms with van der Waals surface area (Å²) in [5.74, 6) is -1.21. The number of benzene rings is 2. The highest BCUT2D eigenvalue weighted by Gasteiger charge is 2.24. The van der Waals surface area contributed by atoms with E-state index in [9.17, 15) is 14.7 Å². The Morgan fingerprint density at radius 2 is 1.81 bits per heavy atom. The molecule has 2 aromatic rings. The van der Waals surface area contributed by atoms with Gasteiger partial charge in [0.25, 0.3) is 0 Å². The average Bonchev–Trinajstić information content (AvgIpc) is 2.77. The van der Waals surface area contributed by atoms with E-state index in [0.717, 1.165) is 25.8 Å². The second-order valence-electron chi connectivity index (χ2n) is 7.23. The van der Waals surface area contributed by atoms with Crippen LogP contribution in [0.2, 0.25) is 10.0 Å². The fraction of sp³-hybridized carbons (Fsp3) is 0.391. The quantitative estimate of drug-likeness (QED) is 0.220. The summed E-state index contributed by atoms with van der Waals surface area (Å²) in [6.07, 6.45) is 3.50. The van der Waals surface area contributed by atoms with Crippen molar-refractivity contribution in [2.75, 3.05) is 26.0 Å². The first kappa shape index (κ1) is 28.0. The molecule has 9 heteroatoms. The lowest BCUT2D eigenvalue weighted by Crippen LogP contribution is -2.28. The van der Waals surface area contributed by atoms with Gasteiger partial charge in [-0.2, -0.15) is 0 Å². The number of halogens is 3. The largest absolute Gasteiger partial charge is 0.506 e. The molecule has 2 rings (SSSR count). The van der Waals surface area contributed by atoms with E-state index in [0.29, 0.717) is 22.7 Å². The minimum atomic E-state index is -0.662. The van der Waals surface area contributed by atoms with Crippen molar-refractivity contribution < 1.29 is 19.4 Å². The van der Waals surface area contributed by atoms with E-state index in [1.165, 1.54) is 13.2 Å². The van der Waals surface area contributed by atoms with Crippen molar-refractivity contribution in [3.63, 3.8) is 0 Å². The summed E-state index contributed by atoms with van der Waals surface area (Å²) in [7, 11) is 3.20. The normalized spacial score (nSPS) is 11.4. The summed E-state index contributed by atoms with van der Waals surface area (Å²) < 4.78 is 4.72. The highest BCUT2D eigenvalue weighted by Crippen LogP contribution is 2.38. The van der Waals surface area contributed by atoms with Crippen LogP contribution in [0.25, 0.3) is 0 Å². The standard InChI is InChI=1S/C23H28Cl2N2O4.ClH/c1-14(23(30)31-3)27-19-11-7-6-10-16(19)21(28)17-13-18(24)15(20(25)22(17)29)9-5-4-8-12-26-2;/h6-7,10-11,13-14,26-27,29H,4-5,8-9,12H2,1-3H3;1H. The van der Waals surface area contributed by atoms with Gasteiger partial charge in [-0.05, 0) is 63.5 Å². The molecule has 176 valence electrons. The Hall–Kier alpha value is -1.99. The van der Waals surface area contributed by atoms with E-state index in [4.69, 9.17) is 27.9 Å². The maximum atomic E-state index is 13.2. The van der Waals surface area contributed by atoms with Crippen LogP contribution in [0, 0.1) is 0 Å². The Labute approximate surface area is 205 Å². The van der Waals surface area contributed by atoms with Crippen LogP contribution in [0.5, 0.6) is 5.75 Å². The van der Waals surface area contributed by atoms with Gasteiger partial charge in [0, 0.05) is 16.3 Å². The van der Waals surface area contributed by atoms with E-state index in [2.05, 4.69) is 10.6 Å². The molecule has 0 aliphatic carbocycles. The average molecular weight is 504 g/mol. The van der Waals surface area contributed by atoms with Gasteiger partial charge in [-0.15, -0.1) is 12.4 Å². The Kier molecular flexibility index (Phi) is 11.9. The summed E-state index contributed by atoms with van der Waals surface area (Å²) in [6, 6.07) is 7.50. The third kappa shape index (κ3) is 7.01. The number of esters is 1. The van der Waals surface area contributed by atoms with Crippen LogP contribution in [-0.2, 0) is 16.0 Å². The molecular formula is C23H29Cl3N2O4. The Morgan fingerprint density at radius 3 is 2.47 bits per heavy atom. The van der Waals surface area contributed by atoms with Crippen LogP contribution in [0.3, 0.4) is 0 Å². The highest BCUT2D eigenvalue weighted by molar-refractivity contribution is 6.38. The number of hydrogen-bond donors (Lipinski definition) is 3. The summed E-state index contributed by atoms with van der Waals surface area (Å²) in [5, 5.41) is 17.2. The smallest absolute Gasteiger partial charge is 0.327 e. The number of unbranched alkanes of at least 4 members (excludes halogenated alkanes) is 2. The van der Waals surface area contributed by atoms with Gasteiger partial charge in [-0.25, -0.2) is 4.79 Å². The molecule has 1 atom stereocenters. The molecular weight excluding hydrogens is 475 g/mol. The van der Waals surface area contributed by atoms with E-state index in [1.807, 2.05) is 7.05 Å². The SMILES string of the molecule is CNCCCCCc1c(Cl)cc(C(=O)c2ccccc2NC(C)C(=O)OC)c(O)c1Cl.Cl. The molecule has 0 saturated heterocycles. The number of carbonyl (C=O) groups is 2. The molecule has 1 unspecified atom stereocenters. The summed E-state index contributed by atoms with van der Waals surface area (Å²) in [6.45, 7) is 2.56. The maximum Gasteiger partial charge on any atom is 0.327 e. The van der Waals surface area contributed by atoms with Gasteiger partial charge < -0.3 is 20.5 Å². The van der Waals surface area contributed by atoms with Crippen molar-refractivity contribution in [2.45, 2.75) is 38.6 Å². The molecule has 6 nitrogen and oxygen atoms in total. The molecule has 0 aromatic heterocycles. The van der Waals surface area contributed by atoms with Crippen LogP contribution in [0.1, 0.15) is 47.7 Å². The predicted molar refractivity (Wildman–Crippen MR) is 132 cm³/mol. The first-order valence-electron chi connectivity index (χ1n) is 10.1. The number of hydrogen-bond acceptors (Lipinski definition) is 6. The summed E-state index contributed by atoms with van der Waals surface area (Å²) >= 11 is 12.8. The number of methoxy groups -OCH3 is 1. The van der Waals surface area contributed by atoms with Crippen LogP contribution in [-0.4, -0.2) is 43.6 Å². The molecule has 2 aromatic carbocycles. The number of anilines is 1. The Balaban J connectivity index is 0.00000512. The lowest BCUT2D eigenvalue weighted by Gasteiger charge is -2.17. The monoisotopic (exact) mass is 502 g/mol. The number of aromatic hydroxyl groups is 1. The van der Waals surface area contributed by atoms with Crippen LogP contribution >= 0.6 is 35.6 Å². The van der Waals surface area contributed by atoms with Gasteiger partial charge in [0.2, 0.25) is 0 Å². The van der Waals surface area contributed by atoms with Crippen molar-refractivity contribution in [1.82, 2.24) is 5.32 Å². The van der Waals surface area contributed by atoms with Gasteiger partial charge in [-0.1, -0.05) is 41.8 Å². The fourth-order valence-corrected chi connectivity index (χ4v) is 3.90. The summed E-state index contributed by atoms with van der Waals surface area (Å²) in [4.78, 5) is 25.0. The molecule has 0 aliphatic rings. The lowest BCUT2D eigenvalue weighted by atomic mass is 9.97. The zero-order chi connectivity index (χ0) is 23.0. The fourth-order valence-electron chi connectivity index (χ4n) is 3.25. The molecule has 0 aliphatic heterocycles. The minimum Gasteiger partial charge on any atom is -0.506 e. The molecule has 3 N–H and O–H groups in total. The molecule has 0 saturated carbocycles. The Bertz CT molecular complexity index is 938.